The molecule has 0 saturated heterocycles. The van der Waals surface area contributed by atoms with Crippen molar-refractivity contribution in [2.45, 2.75) is 64.2 Å². The fraction of sp³-hybridized carbons (Fsp3) is 1.00. The second-order valence-electron chi connectivity index (χ2n) is 5.56. The lowest BCUT2D eigenvalue weighted by Crippen LogP contribution is -2.38. The Bertz CT molecular complexity index is 305. The van der Waals surface area contributed by atoms with Crippen molar-refractivity contribution in [3.05, 3.63) is 0 Å². The highest BCUT2D eigenvalue weighted by Gasteiger charge is 2.21. The topological polar surface area (TPSA) is 46.2 Å². The maximum Gasteiger partial charge on any atom is 0.153 e. The van der Waals surface area contributed by atoms with Gasteiger partial charge in [0.1, 0.15) is 0 Å². The molecule has 4 heteroatoms. The molecule has 0 spiro atoms. The summed E-state index contributed by atoms with van der Waals surface area (Å²) in [5.74, 6) is 1.01. The Labute approximate surface area is 106 Å². The molecule has 1 rings (SSSR count). The van der Waals surface area contributed by atoms with E-state index in [0.717, 1.165) is 5.92 Å². The van der Waals surface area contributed by atoms with Gasteiger partial charge in [0.25, 0.3) is 0 Å². The number of sulfone groups is 1. The van der Waals surface area contributed by atoms with Crippen molar-refractivity contribution in [3.8, 4) is 0 Å². The van der Waals surface area contributed by atoms with Crippen LogP contribution in [0, 0.1) is 5.92 Å². The molecule has 0 bridgehead atoms. The first-order valence-electron chi connectivity index (χ1n) is 6.88. The highest BCUT2D eigenvalue weighted by atomic mass is 32.2. The number of nitrogens with one attached hydrogen (secondary N) is 1. The van der Waals surface area contributed by atoms with E-state index in [1.165, 1.54) is 32.1 Å². The maximum absolute atomic E-state index is 11.6. The SMILES string of the molecule is CC(NCCS(=O)(=O)C(C)C)C1CCCCC1. The number of rotatable bonds is 6. The molecule has 1 unspecified atom stereocenters. The molecule has 0 radical (unpaired) electrons. The largest absolute Gasteiger partial charge is 0.313 e. The predicted molar refractivity (Wildman–Crippen MR) is 73.0 cm³/mol. The molecular formula is C13H27NO2S. The third-order valence-corrected chi connectivity index (χ3v) is 6.14. The Balaban J connectivity index is 2.26. The van der Waals surface area contributed by atoms with E-state index >= 15 is 0 Å². The average Bonchev–Trinajstić information content (AvgIpc) is 2.29. The third kappa shape index (κ3) is 4.96. The van der Waals surface area contributed by atoms with Gasteiger partial charge in [-0.3, -0.25) is 0 Å². The molecule has 1 aliphatic rings. The Hall–Kier alpha value is -0.0900. The van der Waals surface area contributed by atoms with Gasteiger partial charge in [0.05, 0.1) is 11.0 Å². The van der Waals surface area contributed by atoms with Gasteiger partial charge in [-0.1, -0.05) is 19.3 Å². The number of hydrogen-bond donors (Lipinski definition) is 1. The normalized spacial score (nSPS) is 20.7. The lowest BCUT2D eigenvalue weighted by Gasteiger charge is -2.28. The van der Waals surface area contributed by atoms with Crippen molar-refractivity contribution >= 4 is 9.84 Å². The summed E-state index contributed by atoms with van der Waals surface area (Å²) in [6.07, 6.45) is 6.63. The molecule has 0 aliphatic heterocycles. The van der Waals surface area contributed by atoms with Crippen LogP contribution in [0.1, 0.15) is 52.9 Å². The first-order chi connectivity index (χ1) is 7.93. The Morgan fingerprint density at radius 1 is 1.12 bits per heavy atom. The van der Waals surface area contributed by atoms with E-state index in [4.69, 9.17) is 0 Å². The van der Waals surface area contributed by atoms with Gasteiger partial charge in [-0.05, 0) is 39.5 Å². The molecule has 1 fully saturated rings. The highest BCUT2D eigenvalue weighted by molar-refractivity contribution is 7.92. The van der Waals surface area contributed by atoms with Crippen LogP contribution in [-0.4, -0.2) is 32.0 Å². The molecule has 1 atom stereocenters. The van der Waals surface area contributed by atoms with Crippen molar-refractivity contribution in [2.24, 2.45) is 5.92 Å². The predicted octanol–water partition coefficient (Wildman–Crippen LogP) is 2.37. The molecule has 1 saturated carbocycles. The molecule has 102 valence electrons. The Morgan fingerprint density at radius 3 is 2.24 bits per heavy atom. The van der Waals surface area contributed by atoms with Crippen LogP contribution < -0.4 is 5.32 Å². The second-order valence-corrected chi connectivity index (χ2v) is 8.23. The fourth-order valence-corrected chi connectivity index (χ4v) is 3.34. The standard InChI is InChI=1S/C13H27NO2S/c1-11(2)17(15,16)10-9-14-12(3)13-7-5-4-6-8-13/h11-14H,4-10H2,1-3H3. The van der Waals surface area contributed by atoms with Crippen molar-refractivity contribution in [2.75, 3.05) is 12.3 Å². The summed E-state index contributed by atoms with van der Waals surface area (Å²) in [6.45, 7) is 6.29. The lowest BCUT2D eigenvalue weighted by molar-refractivity contribution is 0.285. The monoisotopic (exact) mass is 261 g/mol. The van der Waals surface area contributed by atoms with Crippen LogP contribution in [-0.2, 0) is 9.84 Å². The lowest BCUT2D eigenvalue weighted by atomic mass is 9.84. The van der Waals surface area contributed by atoms with E-state index in [1.807, 2.05) is 0 Å². The summed E-state index contributed by atoms with van der Waals surface area (Å²) in [6, 6.07) is 0.456. The minimum Gasteiger partial charge on any atom is -0.313 e. The summed E-state index contributed by atoms with van der Waals surface area (Å²) in [5.41, 5.74) is 0. The van der Waals surface area contributed by atoms with Gasteiger partial charge >= 0.3 is 0 Å². The molecule has 1 aliphatic carbocycles. The summed E-state index contributed by atoms with van der Waals surface area (Å²) < 4.78 is 23.3. The van der Waals surface area contributed by atoms with Crippen LogP contribution in [0.3, 0.4) is 0 Å². The van der Waals surface area contributed by atoms with Gasteiger partial charge in [0, 0.05) is 12.6 Å². The maximum atomic E-state index is 11.6. The van der Waals surface area contributed by atoms with Gasteiger partial charge in [-0.15, -0.1) is 0 Å². The molecule has 0 heterocycles. The molecule has 0 amide bonds. The summed E-state index contributed by atoms with van der Waals surface area (Å²) in [5, 5.41) is 3.13. The molecule has 0 aromatic carbocycles. The molecule has 0 aromatic heterocycles. The zero-order valence-electron chi connectivity index (χ0n) is 11.4. The Kier molecular flexibility index (Phi) is 5.93. The van der Waals surface area contributed by atoms with E-state index in [-0.39, 0.29) is 11.0 Å². The molecule has 17 heavy (non-hydrogen) atoms. The van der Waals surface area contributed by atoms with Crippen molar-refractivity contribution in [1.82, 2.24) is 5.32 Å². The van der Waals surface area contributed by atoms with Crippen molar-refractivity contribution in [1.29, 1.82) is 0 Å². The molecule has 3 nitrogen and oxygen atoms in total. The van der Waals surface area contributed by atoms with E-state index in [9.17, 15) is 8.42 Å². The van der Waals surface area contributed by atoms with Crippen LogP contribution in [0.2, 0.25) is 0 Å². The van der Waals surface area contributed by atoms with E-state index < -0.39 is 9.84 Å². The minimum atomic E-state index is -2.89. The van der Waals surface area contributed by atoms with Gasteiger partial charge in [-0.25, -0.2) is 8.42 Å². The summed E-state index contributed by atoms with van der Waals surface area (Å²) in [7, 11) is -2.89. The second kappa shape index (κ2) is 6.74. The van der Waals surface area contributed by atoms with Gasteiger partial charge in [0.15, 0.2) is 9.84 Å². The van der Waals surface area contributed by atoms with Crippen LogP contribution in [0.5, 0.6) is 0 Å². The fourth-order valence-electron chi connectivity index (χ4n) is 2.47. The first-order valence-corrected chi connectivity index (χ1v) is 8.60. The average molecular weight is 261 g/mol. The van der Waals surface area contributed by atoms with E-state index in [1.54, 1.807) is 13.8 Å². The molecule has 0 aromatic rings. The minimum absolute atomic E-state index is 0.255. The molecular weight excluding hydrogens is 234 g/mol. The Morgan fingerprint density at radius 2 is 1.71 bits per heavy atom. The zero-order valence-corrected chi connectivity index (χ0v) is 12.2. The number of hydrogen-bond acceptors (Lipinski definition) is 3. The summed E-state index contributed by atoms with van der Waals surface area (Å²) in [4.78, 5) is 0. The summed E-state index contributed by atoms with van der Waals surface area (Å²) >= 11 is 0. The van der Waals surface area contributed by atoms with Crippen LogP contribution in [0.15, 0.2) is 0 Å². The van der Waals surface area contributed by atoms with Crippen molar-refractivity contribution < 1.29 is 8.42 Å². The van der Waals surface area contributed by atoms with Gasteiger partial charge < -0.3 is 5.32 Å². The van der Waals surface area contributed by atoms with Gasteiger partial charge in [-0.2, -0.15) is 0 Å². The van der Waals surface area contributed by atoms with Gasteiger partial charge in [0.2, 0.25) is 0 Å². The third-order valence-electron chi connectivity index (χ3n) is 3.93. The van der Waals surface area contributed by atoms with Crippen molar-refractivity contribution in [3.63, 3.8) is 0 Å². The van der Waals surface area contributed by atoms with Crippen LogP contribution in [0.4, 0.5) is 0 Å². The van der Waals surface area contributed by atoms with Crippen LogP contribution >= 0.6 is 0 Å². The van der Waals surface area contributed by atoms with Crippen LogP contribution in [0.25, 0.3) is 0 Å². The molecule has 1 N–H and O–H groups in total. The van der Waals surface area contributed by atoms with E-state index in [2.05, 4.69) is 12.2 Å². The quantitative estimate of drug-likeness (QED) is 0.798. The zero-order chi connectivity index (χ0) is 12.9. The highest BCUT2D eigenvalue weighted by Crippen LogP contribution is 2.26. The smallest absolute Gasteiger partial charge is 0.153 e. The first kappa shape index (κ1) is 15.0. The van der Waals surface area contributed by atoms with E-state index in [0.29, 0.717) is 12.6 Å².